The van der Waals surface area contributed by atoms with Crippen LogP contribution in [0.4, 0.5) is 0 Å². The highest BCUT2D eigenvalue weighted by Gasteiger charge is 2.26. The normalized spacial score (nSPS) is 34.8. The molecule has 2 N–H and O–H groups in total. The Morgan fingerprint density at radius 2 is 2.00 bits per heavy atom. The zero-order chi connectivity index (χ0) is 9.26. The summed E-state index contributed by atoms with van der Waals surface area (Å²) in [5.74, 6) is 1.69. The maximum Gasteiger partial charge on any atom is 0.191 e. The molecular formula is C10H19N3. The summed E-state index contributed by atoms with van der Waals surface area (Å²) in [6.45, 7) is 4.29. The molecule has 13 heavy (non-hydrogen) atoms. The van der Waals surface area contributed by atoms with Gasteiger partial charge in [-0.1, -0.05) is 6.92 Å². The van der Waals surface area contributed by atoms with E-state index in [1.54, 1.807) is 0 Å². The molecule has 0 aromatic carbocycles. The summed E-state index contributed by atoms with van der Waals surface area (Å²) < 4.78 is 0. The van der Waals surface area contributed by atoms with Crippen molar-refractivity contribution in [2.45, 2.75) is 38.6 Å². The van der Waals surface area contributed by atoms with E-state index in [0.717, 1.165) is 25.0 Å². The van der Waals surface area contributed by atoms with Crippen LogP contribution in [0.3, 0.4) is 0 Å². The van der Waals surface area contributed by atoms with Gasteiger partial charge in [-0.15, -0.1) is 0 Å². The average Bonchev–Trinajstić information content (AvgIpc) is 2.53. The van der Waals surface area contributed by atoms with Gasteiger partial charge >= 0.3 is 0 Å². The van der Waals surface area contributed by atoms with Crippen LogP contribution in [0.1, 0.15) is 32.6 Å². The van der Waals surface area contributed by atoms with E-state index >= 15 is 0 Å². The molecule has 0 atom stereocenters. The van der Waals surface area contributed by atoms with Crippen molar-refractivity contribution in [2.24, 2.45) is 16.6 Å². The van der Waals surface area contributed by atoms with Crippen molar-refractivity contribution in [3.63, 3.8) is 0 Å². The topological polar surface area (TPSA) is 41.6 Å². The van der Waals surface area contributed by atoms with E-state index < -0.39 is 0 Å². The Hall–Kier alpha value is -0.730. The molecule has 1 fully saturated rings. The second kappa shape index (κ2) is 3.56. The van der Waals surface area contributed by atoms with Gasteiger partial charge in [0.25, 0.3) is 0 Å². The first-order valence-corrected chi connectivity index (χ1v) is 5.34. The Balaban J connectivity index is 1.91. The van der Waals surface area contributed by atoms with Crippen molar-refractivity contribution in [3.8, 4) is 0 Å². The van der Waals surface area contributed by atoms with Crippen molar-refractivity contribution in [2.75, 3.05) is 13.1 Å². The summed E-state index contributed by atoms with van der Waals surface area (Å²) in [6.07, 6.45) is 5.32. The second-order valence-electron chi connectivity index (χ2n) is 4.35. The molecule has 0 saturated heterocycles. The first kappa shape index (κ1) is 8.85. The van der Waals surface area contributed by atoms with Crippen LogP contribution in [0.2, 0.25) is 0 Å². The van der Waals surface area contributed by atoms with E-state index in [1.165, 1.54) is 25.7 Å². The predicted molar refractivity (Wildman–Crippen MR) is 54.6 cm³/mol. The summed E-state index contributed by atoms with van der Waals surface area (Å²) in [6, 6.07) is 0.683. The number of hydrogen-bond donors (Lipinski definition) is 1. The molecule has 74 valence electrons. The Labute approximate surface area is 80.0 Å². The van der Waals surface area contributed by atoms with Gasteiger partial charge in [-0.2, -0.15) is 0 Å². The van der Waals surface area contributed by atoms with E-state index in [-0.39, 0.29) is 0 Å². The number of nitrogens with zero attached hydrogens (tertiary/aromatic N) is 2. The quantitative estimate of drug-likeness (QED) is 0.660. The first-order valence-electron chi connectivity index (χ1n) is 5.34. The maximum absolute atomic E-state index is 5.82. The van der Waals surface area contributed by atoms with Gasteiger partial charge in [0, 0.05) is 12.6 Å². The number of aliphatic imine (C=N–C) groups is 1. The molecule has 1 aliphatic heterocycles. The molecule has 0 unspecified atom stereocenters. The van der Waals surface area contributed by atoms with E-state index in [0.29, 0.717) is 6.04 Å². The maximum atomic E-state index is 5.82. The molecule has 1 saturated carbocycles. The Kier molecular flexibility index (Phi) is 2.42. The number of rotatable bonds is 1. The third kappa shape index (κ3) is 1.79. The van der Waals surface area contributed by atoms with Crippen molar-refractivity contribution in [1.29, 1.82) is 0 Å². The van der Waals surface area contributed by atoms with E-state index in [9.17, 15) is 0 Å². The molecule has 3 heteroatoms. The van der Waals surface area contributed by atoms with Crippen LogP contribution in [-0.4, -0.2) is 30.0 Å². The predicted octanol–water partition coefficient (Wildman–Crippen LogP) is 1.20. The van der Waals surface area contributed by atoms with E-state index in [2.05, 4.69) is 16.8 Å². The zero-order valence-corrected chi connectivity index (χ0v) is 8.37. The Morgan fingerprint density at radius 3 is 2.54 bits per heavy atom. The van der Waals surface area contributed by atoms with Crippen molar-refractivity contribution < 1.29 is 0 Å². The Bertz CT molecular complexity index is 204. The molecule has 0 bridgehead atoms. The third-order valence-corrected chi connectivity index (χ3v) is 3.34. The van der Waals surface area contributed by atoms with Crippen LogP contribution in [-0.2, 0) is 0 Å². The molecule has 2 aliphatic rings. The van der Waals surface area contributed by atoms with E-state index in [1.807, 2.05) is 0 Å². The highest BCUT2D eigenvalue weighted by Crippen LogP contribution is 2.27. The minimum atomic E-state index is 0.683. The lowest BCUT2D eigenvalue weighted by atomic mass is 9.87. The summed E-state index contributed by atoms with van der Waals surface area (Å²) in [5, 5.41) is 0. The standard InChI is InChI=1S/C10H19N3/c1-8-2-4-9(5-3-8)13-7-6-12-10(13)11/h8-9H,2-7H2,1H3,(H2,11,12). The van der Waals surface area contributed by atoms with Gasteiger partial charge in [0.1, 0.15) is 0 Å². The summed E-state index contributed by atoms with van der Waals surface area (Å²) in [7, 11) is 0. The molecule has 0 radical (unpaired) electrons. The lowest BCUT2D eigenvalue weighted by Crippen LogP contribution is -2.43. The van der Waals surface area contributed by atoms with Gasteiger partial charge in [-0.25, -0.2) is 0 Å². The molecule has 0 amide bonds. The van der Waals surface area contributed by atoms with Crippen molar-refractivity contribution in [1.82, 2.24) is 4.90 Å². The number of hydrogen-bond acceptors (Lipinski definition) is 3. The largest absolute Gasteiger partial charge is 0.370 e. The molecule has 0 spiro atoms. The van der Waals surface area contributed by atoms with Gasteiger partial charge in [-0.3, -0.25) is 4.99 Å². The second-order valence-corrected chi connectivity index (χ2v) is 4.35. The lowest BCUT2D eigenvalue weighted by Gasteiger charge is -2.34. The number of guanidine groups is 1. The minimum Gasteiger partial charge on any atom is -0.370 e. The zero-order valence-electron chi connectivity index (χ0n) is 8.37. The summed E-state index contributed by atoms with van der Waals surface area (Å²) in [5.41, 5.74) is 5.82. The highest BCUT2D eigenvalue weighted by molar-refractivity contribution is 5.79. The Morgan fingerprint density at radius 1 is 1.31 bits per heavy atom. The van der Waals surface area contributed by atoms with Crippen molar-refractivity contribution >= 4 is 5.96 Å². The van der Waals surface area contributed by atoms with Crippen molar-refractivity contribution in [3.05, 3.63) is 0 Å². The third-order valence-electron chi connectivity index (χ3n) is 3.34. The van der Waals surface area contributed by atoms with Crippen LogP contribution in [0.15, 0.2) is 4.99 Å². The fraction of sp³-hybridized carbons (Fsp3) is 0.900. The average molecular weight is 181 g/mol. The van der Waals surface area contributed by atoms with Crippen LogP contribution >= 0.6 is 0 Å². The summed E-state index contributed by atoms with van der Waals surface area (Å²) >= 11 is 0. The van der Waals surface area contributed by atoms with Crippen LogP contribution < -0.4 is 5.73 Å². The fourth-order valence-electron chi connectivity index (χ4n) is 2.40. The SMILES string of the molecule is CC1CCC(N2CCN=C2N)CC1. The first-order chi connectivity index (χ1) is 6.27. The molecule has 2 rings (SSSR count). The molecule has 3 nitrogen and oxygen atoms in total. The van der Waals surface area contributed by atoms with Crippen LogP contribution in [0.25, 0.3) is 0 Å². The molecule has 1 heterocycles. The molecule has 0 aromatic heterocycles. The smallest absolute Gasteiger partial charge is 0.191 e. The molecule has 1 aliphatic carbocycles. The van der Waals surface area contributed by atoms with Crippen LogP contribution in [0.5, 0.6) is 0 Å². The minimum absolute atomic E-state index is 0.683. The number of nitrogens with two attached hydrogens (primary N) is 1. The highest BCUT2D eigenvalue weighted by atomic mass is 15.3. The van der Waals surface area contributed by atoms with Gasteiger partial charge in [-0.05, 0) is 31.6 Å². The summed E-state index contributed by atoms with van der Waals surface area (Å²) in [4.78, 5) is 6.53. The van der Waals surface area contributed by atoms with Crippen LogP contribution in [0, 0.1) is 5.92 Å². The molecule has 0 aromatic rings. The van der Waals surface area contributed by atoms with Gasteiger partial charge in [0.2, 0.25) is 0 Å². The monoisotopic (exact) mass is 181 g/mol. The molecular weight excluding hydrogens is 162 g/mol. The van der Waals surface area contributed by atoms with E-state index in [4.69, 9.17) is 5.73 Å². The lowest BCUT2D eigenvalue weighted by molar-refractivity contribution is 0.224. The fourth-order valence-corrected chi connectivity index (χ4v) is 2.40. The van der Waals surface area contributed by atoms with Gasteiger partial charge in [0.15, 0.2) is 5.96 Å². The van der Waals surface area contributed by atoms with Gasteiger partial charge in [0.05, 0.1) is 6.54 Å². The van der Waals surface area contributed by atoms with Gasteiger partial charge < -0.3 is 10.6 Å².